The molecular formula is C10H9Cl2N5O. The quantitative estimate of drug-likeness (QED) is 0.901. The second-order valence-electron chi connectivity index (χ2n) is 3.23. The fourth-order valence-corrected chi connectivity index (χ4v) is 1.59. The Morgan fingerprint density at radius 1 is 1.22 bits per heavy atom. The molecule has 2 rings (SSSR count). The second kappa shape index (κ2) is 5.24. The first-order valence-electron chi connectivity index (χ1n) is 4.86. The molecule has 0 saturated carbocycles. The molecule has 6 nitrogen and oxygen atoms in total. The SMILES string of the molecule is COc1nc(N)nc(Nc2cccc(Cl)c2Cl)n1. The van der Waals surface area contributed by atoms with Gasteiger partial charge in [0.15, 0.2) is 0 Å². The fraction of sp³-hybridized carbons (Fsp3) is 0.100. The van der Waals surface area contributed by atoms with Crippen molar-refractivity contribution < 1.29 is 4.74 Å². The number of rotatable bonds is 3. The summed E-state index contributed by atoms with van der Waals surface area (Å²) < 4.78 is 4.89. The van der Waals surface area contributed by atoms with E-state index in [0.29, 0.717) is 15.7 Å². The maximum atomic E-state index is 6.03. The molecular weight excluding hydrogens is 277 g/mol. The Bertz CT molecular complexity index is 578. The van der Waals surface area contributed by atoms with Gasteiger partial charge in [-0.15, -0.1) is 0 Å². The molecule has 0 aliphatic carbocycles. The average molecular weight is 286 g/mol. The Morgan fingerprint density at radius 2 is 2.00 bits per heavy atom. The van der Waals surface area contributed by atoms with Crippen LogP contribution in [0.3, 0.4) is 0 Å². The zero-order chi connectivity index (χ0) is 13.1. The minimum Gasteiger partial charge on any atom is -0.467 e. The molecule has 0 atom stereocenters. The van der Waals surface area contributed by atoms with E-state index in [9.17, 15) is 0 Å². The molecule has 8 heteroatoms. The molecule has 0 radical (unpaired) electrons. The summed E-state index contributed by atoms with van der Waals surface area (Å²) in [7, 11) is 1.44. The summed E-state index contributed by atoms with van der Waals surface area (Å²) in [5.74, 6) is 0.269. The van der Waals surface area contributed by atoms with Crippen molar-refractivity contribution in [1.29, 1.82) is 0 Å². The highest BCUT2D eigenvalue weighted by molar-refractivity contribution is 6.43. The largest absolute Gasteiger partial charge is 0.467 e. The topological polar surface area (TPSA) is 86.0 Å². The van der Waals surface area contributed by atoms with E-state index in [1.54, 1.807) is 18.2 Å². The van der Waals surface area contributed by atoms with Crippen molar-refractivity contribution in [1.82, 2.24) is 15.0 Å². The van der Waals surface area contributed by atoms with Gasteiger partial charge in [0.25, 0.3) is 0 Å². The van der Waals surface area contributed by atoms with Gasteiger partial charge in [-0.25, -0.2) is 0 Å². The molecule has 1 heterocycles. The molecule has 1 aromatic carbocycles. The number of anilines is 3. The van der Waals surface area contributed by atoms with E-state index < -0.39 is 0 Å². The molecule has 0 fully saturated rings. The third kappa shape index (κ3) is 2.72. The van der Waals surface area contributed by atoms with Gasteiger partial charge in [0.1, 0.15) is 0 Å². The van der Waals surface area contributed by atoms with Crippen LogP contribution in [0.25, 0.3) is 0 Å². The van der Waals surface area contributed by atoms with Crippen molar-refractivity contribution in [2.24, 2.45) is 0 Å². The summed E-state index contributed by atoms with van der Waals surface area (Å²) in [4.78, 5) is 11.7. The van der Waals surface area contributed by atoms with Gasteiger partial charge in [-0.3, -0.25) is 0 Å². The van der Waals surface area contributed by atoms with Gasteiger partial charge >= 0.3 is 6.01 Å². The number of nitrogens with zero attached hydrogens (tertiary/aromatic N) is 3. The summed E-state index contributed by atoms with van der Waals surface area (Å²) in [6.07, 6.45) is 0. The van der Waals surface area contributed by atoms with Crippen LogP contribution in [0.15, 0.2) is 18.2 Å². The molecule has 0 aliphatic rings. The zero-order valence-electron chi connectivity index (χ0n) is 9.32. The molecule has 3 N–H and O–H groups in total. The van der Waals surface area contributed by atoms with Gasteiger partial charge in [-0.2, -0.15) is 15.0 Å². The van der Waals surface area contributed by atoms with Crippen LogP contribution in [0.5, 0.6) is 6.01 Å². The lowest BCUT2D eigenvalue weighted by Crippen LogP contribution is -2.05. The number of methoxy groups -OCH3 is 1. The summed E-state index contributed by atoms with van der Waals surface area (Å²) in [6.45, 7) is 0. The van der Waals surface area contributed by atoms with E-state index in [-0.39, 0.29) is 17.9 Å². The number of halogens is 2. The number of aromatic nitrogens is 3. The molecule has 94 valence electrons. The second-order valence-corrected chi connectivity index (χ2v) is 4.02. The lowest BCUT2D eigenvalue weighted by atomic mass is 10.3. The van der Waals surface area contributed by atoms with Crippen LogP contribution in [-0.2, 0) is 0 Å². The maximum Gasteiger partial charge on any atom is 0.322 e. The highest BCUT2D eigenvalue weighted by Crippen LogP contribution is 2.31. The third-order valence-corrected chi connectivity index (χ3v) is 2.83. The number of benzene rings is 1. The predicted molar refractivity (Wildman–Crippen MR) is 70.5 cm³/mol. The zero-order valence-corrected chi connectivity index (χ0v) is 10.8. The van der Waals surface area contributed by atoms with Crippen molar-refractivity contribution >= 4 is 40.8 Å². The first kappa shape index (κ1) is 12.7. The number of hydrogen-bond acceptors (Lipinski definition) is 6. The van der Waals surface area contributed by atoms with Crippen LogP contribution in [0, 0.1) is 0 Å². The van der Waals surface area contributed by atoms with Crippen molar-refractivity contribution in [3.63, 3.8) is 0 Å². The maximum absolute atomic E-state index is 6.03. The lowest BCUT2D eigenvalue weighted by molar-refractivity contribution is 0.380. The van der Waals surface area contributed by atoms with E-state index in [1.807, 2.05) is 0 Å². The first-order chi connectivity index (χ1) is 8.60. The predicted octanol–water partition coefficient (Wildman–Crippen LogP) is 2.51. The summed E-state index contributed by atoms with van der Waals surface area (Å²) in [5.41, 5.74) is 6.08. The fourth-order valence-electron chi connectivity index (χ4n) is 1.24. The van der Waals surface area contributed by atoms with Crippen molar-refractivity contribution in [2.45, 2.75) is 0 Å². The molecule has 18 heavy (non-hydrogen) atoms. The number of hydrogen-bond donors (Lipinski definition) is 2. The van der Waals surface area contributed by atoms with E-state index in [0.717, 1.165) is 0 Å². The van der Waals surface area contributed by atoms with Crippen molar-refractivity contribution in [2.75, 3.05) is 18.2 Å². The van der Waals surface area contributed by atoms with Crippen LogP contribution in [0.1, 0.15) is 0 Å². The summed E-state index contributed by atoms with van der Waals surface area (Å²) in [5, 5.41) is 3.69. The Kier molecular flexibility index (Phi) is 3.69. The van der Waals surface area contributed by atoms with E-state index in [4.69, 9.17) is 33.7 Å². The summed E-state index contributed by atoms with van der Waals surface area (Å²) in [6, 6.07) is 5.28. The Labute approximate surface area is 113 Å². The third-order valence-electron chi connectivity index (χ3n) is 2.01. The van der Waals surface area contributed by atoms with Gasteiger partial charge < -0.3 is 15.8 Å². The van der Waals surface area contributed by atoms with E-state index in [1.165, 1.54) is 7.11 Å². The molecule has 0 aliphatic heterocycles. The Morgan fingerprint density at radius 3 is 2.72 bits per heavy atom. The van der Waals surface area contributed by atoms with Crippen molar-refractivity contribution in [3.05, 3.63) is 28.2 Å². The smallest absolute Gasteiger partial charge is 0.322 e. The van der Waals surface area contributed by atoms with E-state index >= 15 is 0 Å². The highest BCUT2D eigenvalue weighted by atomic mass is 35.5. The number of nitrogens with two attached hydrogens (primary N) is 1. The first-order valence-corrected chi connectivity index (χ1v) is 5.62. The van der Waals surface area contributed by atoms with Gasteiger partial charge in [-0.05, 0) is 12.1 Å². The molecule has 0 spiro atoms. The van der Waals surface area contributed by atoms with Crippen LogP contribution in [0.2, 0.25) is 10.0 Å². The Balaban J connectivity index is 2.34. The highest BCUT2D eigenvalue weighted by Gasteiger charge is 2.08. The van der Waals surface area contributed by atoms with E-state index in [2.05, 4.69) is 20.3 Å². The monoisotopic (exact) mass is 285 g/mol. The normalized spacial score (nSPS) is 10.2. The molecule has 0 saturated heterocycles. The minimum atomic E-state index is 0.0440. The number of ether oxygens (including phenoxy) is 1. The van der Waals surface area contributed by atoms with Gasteiger partial charge in [0.05, 0.1) is 22.8 Å². The van der Waals surface area contributed by atoms with Crippen LogP contribution >= 0.6 is 23.2 Å². The van der Waals surface area contributed by atoms with Gasteiger partial charge in [-0.1, -0.05) is 29.3 Å². The molecule has 0 amide bonds. The number of nitrogens with one attached hydrogen (secondary N) is 1. The molecule has 0 unspecified atom stereocenters. The standard InChI is InChI=1S/C10H9Cl2N5O/c1-18-10-16-8(13)15-9(17-10)14-6-4-2-3-5(11)7(6)12/h2-4H,1H3,(H3,13,14,15,16,17). The van der Waals surface area contributed by atoms with Crippen molar-refractivity contribution in [3.8, 4) is 6.01 Å². The minimum absolute atomic E-state index is 0.0440. The number of nitrogen functional groups attached to an aromatic ring is 1. The van der Waals surface area contributed by atoms with Gasteiger partial charge in [0.2, 0.25) is 11.9 Å². The molecule has 1 aromatic heterocycles. The average Bonchev–Trinajstić information content (AvgIpc) is 2.34. The van der Waals surface area contributed by atoms with Gasteiger partial charge in [0, 0.05) is 0 Å². The van der Waals surface area contributed by atoms with Crippen LogP contribution in [0.4, 0.5) is 17.6 Å². The summed E-state index contributed by atoms with van der Waals surface area (Å²) >= 11 is 11.9. The van der Waals surface area contributed by atoms with Crippen LogP contribution in [-0.4, -0.2) is 22.1 Å². The molecule has 2 aromatic rings. The van der Waals surface area contributed by atoms with Crippen LogP contribution < -0.4 is 15.8 Å². The lowest BCUT2D eigenvalue weighted by Gasteiger charge is -2.08. The Hall–Kier alpha value is -1.79. The molecule has 0 bridgehead atoms.